The average molecular weight is 339 g/mol. The Morgan fingerprint density at radius 2 is 0.875 bits per heavy atom. The van der Waals surface area contributed by atoms with Crippen LogP contribution in [-0.4, -0.2) is 21.4 Å². The Balaban J connectivity index is 3.80. The first kappa shape index (κ1) is 23.4. The molecule has 0 unspecified atom stereocenters. The Bertz CT molecular complexity index is 318. The van der Waals surface area contributed by atoms with Crippen molar-refractivity contribution < 1.29 is 10.2 Å². The minimum Gasteiger partial charge on any atom is -0.387 e. The highest BCUT2D eigenvalue weighted by atomic mass is 16.4. The SMILES string of the molecule is C=CCCCCCCCCC[C@](C)(O)[C@](C)(O)CCCCCC=C. The molecule has 2 heteroatoms. The fraction of sp³-hybridized carbons (Fsp3) is 0.818. The number of allylic oxidation sites excluding steroid dienone is 2. The molecule has 0 bridgehead atoms. The molecule has 0 spiro atoms. The Morgan fingerprint density at radius 1 is 0.583 bits per heavy atom. The van der Waals surface area contributed by atoms with Crippen molar-refractivity contribution in [2.24, 2.45) is 0 Å². The van der Waals surface area contributed by atoms with Gasteiger partial charge in [-0.2, -0.15) is 0 Å². The Kier molecular flexibility index (Phi) is 13.3. The molecule has 0 aromatic heterocycles. The van der Waals surface area contributed by atoms with Gasteiger partial charge in [0.1, 0.15) is 0 Å². The van der Waals surface area contributed by atoms with Crippen LogP contribution in [0.15, 0.2) is 25.3 Å². The third kappa shape index (κ3) is 11.0. The molecule has 2 atom stereocenters. The van der Waals surface area contributed by atoms with Crippen molar-refractivity contribution >= 4 is 0 Å². The zero-order valence-corrected chi connectivity index (χ0v) is 16.4. The second-order valence-corrected chi connectivity index (χ2v) is 7.74. The lowest BCUT2D eigenvalue weighted by molar-refractivity contribution is -0.140. The standard InChI is InChI=1S/C22H42O2/c1-5-7-9-11-12-13-14-16-18-20-22(4,24)21(3,23)19-17-15-10-8-6-2/h5-6,23-24H,1-2,7-20H2,3-4H3/t21-,22+/m1/s1. The van der Waals surface area contributed by atoms with E-state index in [0.717, 1.165) is 44.9 Å². The van der Waals surface area contributed by atoms with Gasteiger partial charge in [0, 0.05) is 0 Å². The summed E-state index contributed by atoms with van der Waals surface area (Å²) < 4.78 is 0. The van der Waals surface area contributed by atoms with Gasteiger partial charge in [-0.3, -0.25) is 0 Å². The predicted octanol–water partition coefficient (Wildman–Crippen LogP) is 6.32. The van der Waals surface area contributed by atoms with Crippen molar-refractivity contribution in [3.63, 3.8) is 0 Å². The van der Waals surface area contributed by atoms with E-state index in [1.165, 1.54) is 32.1 Å². The second kappa shape index (κ2) is 13.7. The summed E-state index contributed by atoms with van der Waals surface area (Å²) in [5.74, 6) is 0. The quantitative estimate of drug-likeness (QED) is 0.240. The topological polar surface area (TPSA) is 40.5 Å². The van der Waals surface area contributed by atoms with Gasteiger partial charge in [-0.05, 0) is 52.4 Å². The zero-order valence-electron chi connectivity index (χ0n) is 16.4. The van der Waals surface area contributed by atoms with Gasteiger partial charge in [0.2, 0.25) is 0 Å². The van der Waals surface area contributed by atoms with E-state index in [-0.39, 0.29) is 0 Å². The molecule has 0 aliphatic carbocycles. The van der Waals surface area contributed by atoms with Crippen molar-refractivity contribution in [2.45, 2.75) is 115 Å². The van der Waals surface area contributed by atoms with Crippen LogP contribution < -0.4 is 0 Å². The summed E-state index contributed by atoms with van der Waals surface area (Å²) in [6.07, 6.45) is 19.1. The molecule has 0 amide bonds. The normalized spacial score (nSPS) is 16.3. The van der Waals surface area contributed by atoms with Crippen LogP contribution in [0.4, 0.5) is 0 Å². The molecule has 0 saturated heterocycles. The third-order valence-corrected chi connectivity index (χ3v) is 5.30. The predicted molar refractivity (Wildman–Crippen MR) is 106 cm³/mol. The van der Waals surface area contributed by atoms with Gasteiger partial charge < -0.3 is 10.2 Å². The van der Waals surface area contributed by atoms with E-state index in [1.54, 1.807) is 13.8 Å². The van der Waals surface area contributed by atoms with Crippen LogP contribution in [0, 0.1) is 0 Å². The summed E-state index contributed by atoms with van der Waals surface area (Å²) in [5.41, 5.74) is -1.98. The molecule has 0 aliphatic rings. The van der Waals surface area contributed by atoms with Crippen molar-refractivity contribution in [1.29, 1.82) is 0 Å². The summed E-state index contributed by atoms with van der Waals surface area (Å²) in [6.45, 7) is 11.1. The van der Waals surface area contributed by atoms with Gasteiger partial charge in [0.05, 0.1) is 11.2 Å². The van der Waals surface area contributed by atoms with E-state index in [4.69, 9.17) is 0 Å². The molecular weight excluding hydrogens is 296 g/mol. The van der Waals surface area contributed by atoms with E-state index in [1.807, 2.05) is 12.2 Å². The van der Waals surface area contributed by atoms with E-state index in [2.05, 4.69) is 13.2 Å². The van der Waals surface area contributed by atoms with Gasteiger partial charge in [-0.25, -0.2) is 0 Å². The molecule has 2 nitrogen and oxygen atoms in total. The summed E-state index contributed by atoms with van der Waals surface area (Å²) in [6, 6.07) is 0. The number of aliphatic hydroxyl groups is 2. The molecule has 0 heterocycles. The first-order valence-corrected chi connectivity index (χ1v) is 10.0. The molecule has 0 aromatic rings. The van der Waals surface area contributed by atoms with E-state index >= 15 is 0 Å². The van der Waals surface area contributed by atoms with Crippen molar-refractivity contribution in [3.05, 3.63) is 25.3 Å². The molecule has 142 valence electrons. The van der Waals surface area contributed by atoms with Crippen LogP contribution in [-0.2, 0) is 0 Å². The molecule has 2 N–H and O–H groups in total. The van der Waals surface area contributed by atoms with Gasteiger partial charge >= 0.3 is 0 Å². The smallest absolute Gasteiger partial charge is 0.0902 e. The summed E-state index contributed by atoms with van der Waals surface area (Å²) in [4.78, 5) is 0. The van der Waals surface area contributed by atoms with Crippen LogP contribution in [0.2, 0.25) is 0 Å². The second-order valence-electron chi connectivity index (χ2n) is 7.74. The first-order valence-electron chi connectivity index (χ1n) is 10.0. The van der Waals surface area contributed by atoms with Crippen molar-refractivity contribution in [2.75, 3.05) is 0 Å². The molecule has 0 aromatic carbocycles. The lowest BCUT2D eigenvalue weighted by Gasteiger charge is -2.39. The van der Waals surface area contributed by atoms with Crippen LogP contribution >= 0.6 is 0 Å². The summed E-state index contributed by atoms with van der Waals surface area (Å²) in [7, 11) is 0. The maximum Gasteiger partial charge on any atom is 0.0902 e. The Hall–Kier alpha value is -0.600. The highest BCUT2D eigenvalue weighted by Gasteiger charge is 2.40. The van der Waals surface area contributed by atoms with Crippen molar-refractivity contribution in [1.82, 2.24) is 0 Å². The number of hydrogen-bond donors (Lipinski definition) is 2. The van der Waals surface area contributed by atoms with Crippen LogP contribution in [0.1, 0.15) is 104 Å². The molecule has 0 saturated carbocycles. The third-order valence-electron chi connectivity index (χ3n) is 5.30. The van der Waals surface area contributed by atoms with Gasteiger partial charge in [-0.15, -0.1) is 13.2 Å². The molecular formula is C22H42O2. The monoisotopic (exact) mass is 338 g/mol. The van der Waals surface area contributed by atoms with Crippen LogP contribution in [0.25, 0.3) is 0 Å². The largest absolute Gasteiger partial charge is 0.387 e. The molecule has 0 rings (SSSR count). The van der Waals surface area contributed by atoms with Gasteiger partial charge in [-0.1, -0.05) is 63.5 Å². The lowest BCUT2D eigenvalue weighted by Crippen LogP contribution is -2.49. The first-order chi connectivity index (χ1) is 11.4. The molecule has 24 heavy (non-hydrogen) atoms. The minimum absolute atomic E-state index is 0.667. The van der Waals surface area contributed by atoms with Crippen molar-refractivity contribution in [3.8, 4) is 0 Å². The van der Waals surface area contributed by atoms with E-state index in [9.17, 15) is 10.2 Å². The highest BCUT2D eigenvalue weighted by Crippen LogP contribution is 2.32. The Labute approximate surface area is 151 Å². The maximum absolute atomic E-state index is 10.7. The van der Waals surface area contributed by atoms with E-state index < -0.39 is 11.2 Å². The highest BCUT2D eigenvalue weighted by molar-refractivity contribution is 4.93. The van der Waals surface area contributed by atoms with Gasteiger partial charge in [0.15, 0.2) is 0 Å². The average Bonchev–Trinajstić information content (AvgIpc) is 2.53. The fourth-order valence-corrected chi connectivity index (χ4v) is 3.12. The van der Waals surface area contributed by atoms with Crippen LogP contribution in [0.3, 0.4) is 0 Å². The molecule has 0 aliphatic heterocycles. The van der Waals surface area contributed by atoms with Gasteiger partial charge in [0.25, 0.3) is 0 Å². The Morgan fingerprint density at radius 3 is 1.25 bits per heavy atom. The number of rotatable bonds is 17. The zero-order chi connectivity index (χ0) is 18.3. The molecule has 0 radical (unpaired) electrons. The summed E-state index contributed by atoms with van der Waals surface area (Å²) in [5, 5.41) is 21.3. The fourth-order valence-electron chi connectivity index (χ4n) is 3.12. The minimum atomic E-state index is -0.994. The lowest BCUT2D eigenvalue weighted by atomic mass is 9.78. The van der Waals surface area contributed by atoms with Crippen LogP contribution in [0.5, 0.6) is 0 Å². The molecule has 0 fully saturated rings. The number of unbranched alkanes of at least 4 members (excludes halogenated alkanes) is 10. The maximum atomic E-state index is 10.7. The summed E-state index contributed by atoms with van der Waals surface area (Å²) >= 11 is 0. The van der Waals surface area contributed by atoms with E-state index in [0.29, 0.717) is 12.8 Å². The number of hydrogen-bond acceptors (Lipinski definition) is 2.